The highest BCUT2D eigenvalue weighted by Crippen LogP contribution is 2.32. The van der Waals surface area contributed by atoms with Crippen molar-refractivity contribution in [2.75, 3.05) is 18.7 Å². The van der Waals surface area contributed by atoms with Crippen LogP contribution in [0.3, 0.4) is 0 Å². The molecule has 1 aromatic carbocycles. The maximum Gasteiger partial charge on any atom is 0.255 e. The molecule has 1 amide bonds. The Kier molecular flexibility index (Phi) is 7.38. The fourth-order valence-electron chi connectivity index (χ4n) is 2.07. The van der Waals surface area contributed by atoms with Crippen molar-refractivity contribution in [1.82, 2.24) is 4.98 Å². The Bertz CT molecular complexity index is 734. The zero-order valence-corrected chi connectivity index (χ0v) is 16.3. The van der Waals surface area contributed by atoms with Crippen LogP contribution in [0.2, 0.25) is 10.0 Å². The Hall–Kier alpha value is -1.47. The second kappa shape index (κ2) is 9.29. The minimum Gasteiger partial charge on any atom is -0.464 e. The first-order valence-corrected chi connectivity index (χ1v) is 9.46. The molecular formula is C17H18Cl2N2O3S. The van der Waals surface area contributed by atoms with E-state index in [4.69, 9.17) is 32.7 Å². The normalized spacial score (nSPS) is 11.9. The highest BCUT2D eigenvalue weighted by molar-refractivity contribution is 7.98. The number of aromatic nitrogens is 1. The quantitative estimate of drug-likeness (QED) is 0.515. The number of thioether (sulfide) groups is 1. The number of amides is 1. The summed E-state index contributed by atoms with van der Waals surface area (Å²) in [4.78, 5) is 17.3. The van der Waals surface area contributed by atoms with E-state index in [0.29, 0.717) is 23.4 Å². The summed E-state index contributed by atoms with van der Waals surface area (Å²) in [6.07, 6.45) is 5.07. The second-order valence-corrected chi connectivity index (χ2v) is 6.65. The molecule has 0 saturated heterocycles. The van der Waals surface area contributed by atoms with Gasteiger partial charge in [-0.25, -0.2) is 0 Å². The molecule has 0 radical (unpaired) electrons. The maximum atomic E-state index is 12.6. The van der Waals surface area contributed by atoms with E-state index in [1.807, 2.05) is 19.2 Å². The topological polar surface area (TPSA) is 60.5 Å². The zero-order valence-electron chi connectivity index (χ0n) is 14.0. The predicted octanol–water partition coefficient (Wildman–Crippen LogP) is 5.12. The van der Waals surface area contributed by atoms with Gasteiger partial charge in [0.1, 0.15) is 5.75 Å². The van der Waals surface area contributed by atoms with Crippen LogP contribution in [-0.4, -0.2) is 30.5 Å². The van der Waals surface area contributed by atoms with E-state index in [2.05, 4.69) is 10.3 Å². The van der Waals surface area contributed by atoms with Crippen LogP contribution < -0.4 is 10.1 Å². The number of pyridine rings is 1. The molecule has 5 nitrogen and oxygen atoms in total. The molecule has 8 heteroatoms. The van der Waals surface area contributed by atoms with Gasteiger partial charge in [-0.3, -0.25) is 9.78 Å². The lowest BCUT2D eigenvalue weighted by atomic mass is 10.2. The molecule has 1 aromatic heterocycles. The molecule has 0 aliphatic carbocycles. The van der Waals surface area contributed by atoms with Gasteiger partial charge in [0.25, 0.3) is 5.91 Å². The molecule has 134 valence electrons. The number of carbonyl (C=O) groups excluding carboxylic acids is 1. The van der Waals surface area contributed by atoms with Gasteiger partial charge >= 0.3 is 0 Å². The monoisotopic (exact) mass is 400 g/mol. The van der Waals surface area contributed by atoms with E-state index in [-0.39, 0.29) is 22.2 Å². The van der Waals surface area contributed by atoms with Crippen molar-refractivity contribution in [3.05, 3.63) is 46.2 Å². The molecule has 0 fully saturated rings. The smallest absolute Gasteiger partial charge is 0.255 e. The lowest BCUT2D eigenvalue weighted by Gasteiger charge is -2.18. The fraction of sp³-hybridized carbons (Fsp3) is 0.294. The summed E-state index contributed by atoms with van der Waals surface area (Å²) in [6.45, 7) is 1.96. The summed E-state index contributed by atoms with van der Waals surface area (Å²) in [5.41, 5.74) is 0.741. The Morgan fingerprint density at radius 3 is 2.56 bits per heavy atom. The van der Waals surface area contributed by atoms with Gasteiger partial charge in [-0.05, 0) is 24.5 Å². The third-order valence-electron chi connectivity index (χ3n) is 3.37. The number of nitrogens with one attached hydrogen (secondary N) is 1. The van der Waals surface area contributed by atoms with E-state index in [0.717, 1.165) is 4.90 Å². The second-order valence-electron chi connectivity index (χ2n) is 4.99. The van der Waals surface area contributed by atoms with Gasteiger partial charge in [-0.1, -0.05) is 30.1 Å². The molecule has 1 N–H and O–H groups in total. The Labute approximate surface area is 161 Å². The third-order valence-corrected chi connectivity index (χ3v) is 4.72. The van der Waals surface area contributed by atoms with Gasteiger partial charge in [-0.2, -0.15) is 0 Å². The van der Waals surface area contributed by atoms with E-state index in [1.165, 1.54) is 24.2 Å². The zero-order chi connectivity index (χ0) is 18.4. The molecule has 0 spiro atoms. The van der Waals surface area contributed by atoms with E-state index < -0.39 is 0 Å². The number of nitrogens with zero attached hydrogens (tertiary/aromatic N) is 1. The molecule has 0 aliphatic heterocycles. The maximum absolute atomic E-state index is 12.6. The van der Waals surface area contributed by atoms with Gasteiger partial charge in [0, 0.05) is 36.4 Å². The summed E-state index contributed by atoms with van der Waals surface area (Å²) >= 11 is 13.6. The number of rotatable bonds is 7. The van der Waals surface area contributed by atoms with Crippen molar-refractivity contribution in [3.8, 4) is 5.75 Å². The molecule has 25 heavy (non-hydrogen) atoms. The molecular weight excluding hydrogens is 383 g/mol. The molecule has 0 saturated carbocycles. The average Bonchev–Trinajstić information content (AvgIpc) is 2.62. The lowest BCUT2D eigenvalue weighted by molar-refractivity contribution is -0.0564. The van der Waals surface area contributed by atoms with E-state index in [1.54, 1.807) is 19.2 Å². The summed E-state index contributed by atoms with van der Waals surface area (Å²) < 4.78 is 11.1. The predicted molar refractivity (Wildman–Crippen MR) is 102 cm³/mol. The minimum absolute atomic E-state index is 0.267. The van der Waals surface area contributed by atoms with Gasteiger partial charge < -0.3 is 14.8 Å². The van der Waals surface area contributed by atoms with Crippen LogP contribution in [0.25, 0.3) is 0 Å². The summed E-state index contributed by atoms with van der Waals surface area (Å²) in [5, 5.41) is 3.24. The Morgan fingerprint density at radius 2 is 2.00 bits per heavy atom. The van der Waals surface area contributed by atoms with Gasteiger partial charge in [-0.15, -0.1) is 11.8 Å². The number of hydrogen-bond donors (Lipinski definition) is 1. The van der Waals surface area contributed by atoms with Crippen molar-refractivity contribution >= 4 is 46.6 Å². The van der Waals surface area contributed by atoms with Crippen molar-refractivity contribution in [1.29, 1.82) is 0 Å². The van der Waals surface area contributed by atoms with Crippen LogP contribution in [-0.2, 0) is 4.74 Å². The standard InChI is InChI=1S/C17H18Cl2N2O3S/c1-4-15(23-2)24-13-7-10(5-6-14(13)25-3)17(22)21-16-11(18)8-20-9-12(16)19/h5-9,15H,4H2,1-3H3,(H,20,21,22). The molecule has 0 bridgehead atoms. The van der Waals surface area contributed by atoms with Crippen molar-refractivity contribution in [3.63, 3.8) is 0 Å². The number of ether oxygens (including phenoxy) is 2. The Balaban J connectivity index is 2.28. The summed E-state index contributed by atoms with van der Waals surface area (Å²) in [5.74, 6) is 0.235. The van der Waals surface area contributed by atoms with Crippen molar-refractivity contribution in [2.24, 2.45) is 0 Å². The molecule has 1 atom stereocenters. The van der Waals surface area contributed by atoms with Crippen LogP contribution in [0.15, 0.2) is 35.5 Å². The molecule has 1 unspecified atom stereocenters. The number of halogens is 2. The highest BCUT2D eigenvalue weighted by atomic mass is 35.5. The van der Waals surface area contributed by atoms with Crippen LogP contribution in [0.5, 0.6) is 5.75 Å². The van der Waals surface area contributed by atoms with Crippen molar-refractivity contribution in [2.45, 2.75) is 24.5 Å². The van der Waals surface area contributed by atoms with Crippen LogP contribution in [0, 0.1) is 0 Å². The van der Waals surface area contributed by atoms with Gasteiger partial charge in [0.15, 0.2) is 6.29 Å². The number of methoxy groups -OCH3 is 1. The largest absolute Gasteiger partial charge is 0.464 e. The summed E-state index contributed by atoms with van der Waals surface area (Å²) in [6, 6.07) is 5.21. The number of benzene rings is 1. The van der Waals surface area contributed by atoms with Crippen LogP contribution in [0.1, 0.15) is 23.7 Å². The fourth-order valence-corrected chi connectivity index (χ4v) is 3.04. The first-order chi connectivity index (χ1) is 12.0. The first kappa shape index (κ1) is 19.8. The van der Waals surface area contributed by atoms with E-state index in [9.17, 15) is 4.79 Å². The summed E-state index contributed by atoms with van der Waals surface area (Å²) in [7, 11) is 1.58. The molecule has 2 rings (SSSR count). The minimum atomic E-state index is -0.381. The highest BCUT2D eigenvalue weighted by Gasteiger charge is 2.16. The number of carbonyl (C=O) groups is 1. The number of anilines is 1. The Morgan fingerprint density at radius 1 is 1.32 bits per heavy atom. The van der Waals surface area contributed by atoms with Gasteiger partial charge in [0.2, 0.25) is 0 Å². The van der Waals surface area contributed by atoms with E-state index >= 15 is 0 Å². The molecule has 2 aromatic rings. The third kappa shape index (κ3) is 5.01. The van der Waals surface area contributed by atoms with Crippen molar-refractivity contribution < 1.29 is 14.3 Å². The van der Waals surface area contributed by atoms with Crippen LogP contribution in [0.4, 0.5) is 5.69 Å². The first-order valence-electron chi connectivity index (χ1n) is 7.48. The SMILES string of the molecule is CCC(OC)Oc1cc(C(=O)Nc2c(Cl)cncc2Cl)ccc1SC. The molecule has 1 heterocycles. The number of hydrogen-bond acceptors (Lipinski definition) is 5. The average molecular weight is 401 g/mol. The van der Waals surface area contributed by atoms with Gasteiger partial charge in [0.05, 0.1) is 15.7 Å². The van der Waals surface area contributed by atoms with Crippen LogP contribution >= 0.6 is 35.0 Å². The molecule has 0 aliphatic rings. The lowest BCUT2D eigenvalue weighted by Crippen LogP contribution is -2.18.